The van der Waals surface area contributed by atoms with Gasteiger partial charge in [-0.15, -0.1) is 0 Å². The van der Waals surface area contributed by atoms with E-state index in [1.807, 2.05) is 18.2 Å². The van der Waals surface area contributed by atoms with E-state index in [1.54, 1.807) is 20.5 Å². The van der Waals surface area contributed by atoms with E-state index < -0.39 is 42.9 Å². The van der Waals surface area contributed by atoms with Crippen LogP contribution in [0.1, 0.15) is 126 Å². The molecule has 6 rings (SSSR count). The fourth-order valence-electron chi connectivity index (χ4n) is 10.6. The quantitative estimate of drug-likeness (QED) is 0.0598. The molecule has 0 radical (unpaired) electrons. The molecule has 2 aliphatic rings. The van der Waals surface area contributed by atoms with Gasteiger partial charge in [0.15, 0.2) is 28.3 Å². The average Bonchev–Trinajstić information content (AvgIpc) is 3.83. The van der Waals surface area contributed by atoms with Gasteiger partial charge >= 0.3 is 0 Å². The maximum Gasteiger partial charge on any atom is 0.262 e. The van der Waals surface area contributed by atoms with E-state index in [-0.39, 0.29) is 64.2 Å². The predicted octanol–water partition coefficient (Wildman–Crippen LogP) is 13.5. The van der Waals surface area contributed by atoms with Crippen molar-refractivity contribution in [2.45, 2.75) is 206 Å². The number of methoxy groups -OCH3 is 2. The summed E-state index contributed by atoms with van der Waals surface area (Å²) in [5.41, 5.74) is 3.76. The van der Waals surface area contributed by atoms with Gasteiger partial charge < -0.3 is 46.5 Å². The molecule has 1 aromatic heterocycles. The molecule has 0 saturated carbocycles. The van der Waals surface area contributed by atoms with Crippen LogP contribution in [0.15, 0.2) is 113 Å². The van der Waals surface area contributed by atoms with E-state index in [2.05, 4.69) is 195 Å². The van der Waals surface area contributed by atoms with Crippen LogP contribution in [0.25, 0.3) is 6.08 Å². The Morgan fingerprint density at radius 2 is 1.38 bits per heavy atom. The van der Waals surface area contributed by atoms with E-state index in [9.17, 15) is 5.11 Å². The molecule has 1 N–H and O–H groups in total. The Balaban J connectivity index is 1.30. The van der Waals surface area contributed by atoms with Crippen molar-refractivity contribution in [2.75, 3.05) is 27.4 Å². The zero-order chi connectivity index (χ0) is 56.8. The maximum absolute atomic E-state index is 12.8. The van der Waals surface area contributed by atoms with Crippen molar-refractivity contribution < 1.29 is 46.5 Å². The van der Waals surface area contributed by atoms with Gasteiger partial charge in [-0.05, 0) is 101 Å². The second-order valence-electron chi connectivity index (χ2n) is 26.3. The van der Waals surface area contributed by atoms with Crippen molar-refractivity contribution in [3.63, 3.8) is 0 Å². The van der Waals surface area contributed by atoms with Crippen LogP contribution in [-0.4, -0.2) is 105 Å². The molecule has 2 saturated heterocycles. The van der Waals surface area contributed by atoms with E-state index in [4.69, 9.17) is 46.4 Å². The molecule has 0 amide bonds. The third kappa shape index (κ3) is 15.5. The number of oxazole rings is 1. The minimum Gasteiger partial charge on any atom is -0.497 e. The predicted molar refractivity (Wildman–Crippen MR) is 319 cm³/mol. The lowest BCUT2D eigenvalue weighted by Gasteiger charge is -2.48. The van der Waals surface area contributed by atoms with Crippen molar-refractivity contribution in [3.8, 4) is 5.75 Å². The molecular weight excluding hydrogens is 1010 g/mol. The molecule has 3 heterocycles. The molecule has 2 fully saturated rings. The normalized spacial score (nSPS) is 25.0. The molecule has 0 aliphatic carbocycles. The summed E-state index contributed by atoms with van der Waals surface area (Å²) >= 11 is 0. The summed E-state index contributed by atoms with van der Waals surface area (Å²) < 4.78 is 60.1. The highest BCUT2D eigenvalue weighted by Gasteiger charge is 2.54. The summed E-state index contributed by atoms with van der Waals surface area (Å²) in [4.78, 5) is 4.97. The molecule has 2 aliphatic heterocycles. The summed E-state index contributed by atoms with van der Waals surface area (Å²) in [6, 6.07) is 29.4. The number of rotatable bonds is 22. The van der Waals surface area contributed by atoms with E-state index >= 15 is 0 Å². The Hall–Kier alpha value is -3.52. The lowest BCUT2D eigenvalue weighted by atomic mass is 9.79. The molecule has 9 atom stereocenters. The van der Waals surface area contributed by atoms with Gasteiger partial charge in [0.2, 0.25) is 0 Å². The highest BCUT2D eigenvalue weighted by Crippen LogP contribution is 2.43. The zero-order valence-electron chi connectivity index (χ0n) is 50.5. The fraction of sp³-hybridized carbons (Fsp3) is 0.603. The Labute approximate surface area is 467 Å². The van der Waals surface area contributed by atoms with Gasteiger partial charge in [-0.2, -0.15) is 0 Å². The van der Waals surface area contributed by atoms with Crippen molar-refractivity contribution in [1.82, 2.24) is 4.98 Å². The number of nitrogens with zero attached hydrogens (tertiary/aromatic N) is 1. The smallest absolute Gasteiger partial charge is 0.262 e. The minimum atomic E-state index is -3.14. The summed E-state index contributed by atoms with van der Waals surface area (Å²) in [5.74, 6) is -0.376. The van der Waals surface area contributed by atoms with Crippen LogP contribution in [0, 0.1) is 11.8 Å². The van der Waals surface area contributed by atoms with Crippen LogP contribution in [0.4, 0.5) is 0 Å². The Kier molecular flexibility index (Phi) is 20.8. The first-order valence-corrected chi connectivity index (χ1v) is 35.8. The zero-order valence-corrected chi connectivity index (χ0v) is 53.5. The maximum atomic E-state index is 12.8. The molecule has 4 aromatic rings. The highest BCUT2D eigenvalue weighted by atomic mass is 28.4. The van der Waals surface area contributed by atoms with Gasteiger partial charge in [-0.25, -0.2) is 4.98 Å². The molecular formula is C63H97NO10Si3. The van der Waals surface area contributed by atoms with Gasteiger partial charge in [-0.1, -0.05) is 161 Å². The van der Waals surface area contributed by atoms with Crippen molar-refractivity contribution in [3.05, 3.63) is 126 Å². The van der Waals surface area contributed by atoms with Crippen molar-refractivity contribution >= 4 is 41.4 Å². The second kappa shape index (κ2) is 25.5. The standard InChI is InChI=1S/C63H97NO10Si3/c1-44(41-71-76(18,19)61(8,9)10)36-56(74-77(62(11,12)13,52-26-22-20-23-27-52)53-28-24-21-25-29-53)55-38-51(67-15)39-63(65,73-55)40-57-64-49(43-68-57)37-45(2)58-47(4)59(69-42-48-30-32-50(66-14)33-31-48)46(3)54(72-58)34-35-70-75(16,17)60(5,6)7/h20-33,36-37,43,46-47,51,54-56,58-59,65H,34-35,38-42H2,1-19H3/b44-36+,45-37+/t46-,47-,51+,54+,55+,56+,58-,59-,63-/m0/s1. The van der Waals surface area contributed by atoms with Crippen molar-refractivity contribution in [2.24, 2.45) is 11.8 Å². The lowest BCUT2D eigenvalue weighted by Crippen LogP contribution is -2.69. The first kappa shape index (κ1) is 62.7. The van der Waals surface area contributed by atoms with Crippen LogP contribution in [0.3, 0.4) is 0 Å². The van der Waals surface area contributed by atoms with Crippen LogP contribution in [0.2, 0.25) is 41.3 Å². The van der Waals surface area contributed by atoms with Crippen LogP contribution in [0.5, 0.6) is 5.75 Å². The van der Waals surface area contributed by atoms with E-state index in [1.165, 1.54) is 0 Å². The number of benzene rings is 3. The number of ether oxygens (including phenoxy) is 5. The number of aliphatic hydroxyl groups is 1. The summed E-state index contributed by atoms with van der Waals surface area (Å²) in [6.07, 6.45) is 5.38. The third-order valence-corrected chi connectivity index (χ3v) is 31.3. The van der Waals surface area contributed by atoms with Gasteiger partial charge in [0.05, 0.1) is 63.4 Å². The fourth-order valence-corrected chi connectivity index (χ4v) is 17.3. The van der Waals surface area contributed by atoms with Gasteiger partial charge in [-0.3, -0.25) is 0 Å². The van der Waals surface area contributed by atoms with Crippen LogP contribution < -0.4 is 15.1 Å². The second-order valence-corrected chi connectivity index (χ2v) is 40.1. The SMILES string of the molecule is COc1ccc(CO[C@H]2[C@@H](C)[C@@H](CCO[Si](C)(C)C(C)(C)C)O[C@@H](/C(C)=C/c3coc(C[C@]4(O)C[C@H](OC)C[C@H]([C@@H](/C=C(\C)CO[Si](C)(C)C(C)(C)C)O[Si](c5ccccc5)(c5ccccc5)C(C)(C)C)O4)n3)[C@@H]2C)cc1. The van der Waals surface area contributed by atoms with Gasteiger partial charge in [0, 0.05) is 38.4 Å². The topological polar surface area (TPSA) is 120 Å². The van der Waals surface area contributed by atoms with Crippen LogP contribution in [-0.2, 0) is 45.3 Å². The molecule has 14 heteroatoms. The molecule has 11 nitrogen and oxygen atoms in total. The van der Waals surface area contributed by atoms with Crippen LogP contribution >= 0.6 is 0 Å². The molecule has 0 spiro atoms. The molecule has 3 aromatic carbocycles. The Bertz CT molecular complexity index is 2490. The van der Waals surface area contributed by atoms with Gasteiger partial charge in [0.25, 0.3) is 8.32 Å². The first-order valence-electron chi connectivity index (χ1n) is 28.1. The average molecular weight is 1110 g/mol. The largest absolute Gasteiger partial charge is 0.497 e. The highest BCUT2D eigenvalue weighted by molar-refractivity contribution is 6.99. The van der Waals surface area contributed by atoms with E-state index in [0.29, 0.717) is 37.8 Å². The summed E-state index contributed by atoms with van der Waals surface area (Å²) in [5, 5.41) is 14.9. The third-order valence-electron chi connectivity index (χ3n) is 17.3. The van der Waals surface area contributed by atoms with Crippen molar-refractivity contribution in [1.29, 1.82) is 0 Å². The van der Waals surface area contributed by atoms with Gasteiger partial charge in [0.1, 0.15) is 17.7 Å². The summed E-state index contributed by atoms with van der Waals surface area (Å²) in [6.45, 7) is 39.8. The Morgan fingerprint density at radius 1 is 0.792 bits per heavy atom. The van der Waals surface area contributed by atoms with E-state index in [0.717, 1.165) is 39.3 Å². The minimum absolute atomic E-state index is 0.00474. The number of hydrogen-bond acceptors (Lipinski definition) is 11. The molecule has 426 valence electrons. The number of hydrogen-bond donors (Lipinski definition) is 1. The monoisotopic (exact) mass is 1110 g/mol. The molecule has 77 heavy (non-hydrogen) atoms. The lowest BCUT2D eigenvalue weighted by molar-refractivity contribution is -0.285. The molecule has 0 unspecified atom stereocenters. The summed E-state index contributed by atoms with van der Waals surface area (Å²) in [7, 11) is -3.82. The number of aromatic nitrogens is 1. The first-order chi connectivity index (χ1) is 35.9. The Morgan fingerprint density at radius 3 is 1.92 bits per heavy atom. The molecule has 0 bridgehead atoms.